The maximum atomic E-state index is 11.6. The van der Waals surface area contributed by atoms with Gasteiger partial charge in [0.05, 0.1) is 4.75 Å². The Morgan fingerprint density at radius 3 is 2.30 bits per heavy atom. The van der Waals surface area contributed by atoms with E-state index in [1.807, 2.05) is 0 Å². The summed E-state index contributed by atoms with van der Waals surface area (Å²) in [5.41, 5.74) is 0. The zero-order valence-electron chi connectivity index (χ0n) is 6.30. The van der Waals surface area contributed by atoms with Crippen molar-refractivity contribution in [2.24, 2.45) is 0 Å². The van der Waals surface area contributed by atoms with E-state index in [0.29, 0.717) is 0 Å². The fraction of sp³-hybridized carbons (Fsp3) is 0.857. The first-order valence-electron chi connectivity index (χ1n) is 3.59. The molecule has 2 saturated heterocycles. The van der Waals surface area contributed by atoms with Crippen LogP contribution < -0.4 is 0 Å². The highest BCUT2D eigenvalue weighted by Crippen LogP contribution is 2.40. The summed E-state index contributed by atoms with van der Waals surface area (Å²) < 4.78 is 11.7. The molecule has 0 radical (unpaired) electrons. The Hall–Kier alpha value is -0.0200. The van der Waals surface area contributed by atoms with Gasteiger partial charge in [0.1, 0.15) is 0 Å². The summed E-state index contributed by atoms with van der Waals surface area (Å²) in [6.07, 6.45) is 1.14. The normalized spacial score (nSPS) is 44.5. The lowest BCUT2D eigenvalue weighted by Gasteiger charge is -2.56. The molecule has 0 aromatic heterocycles. The van der Waals surface area contributed by atoms with Gasteiger partial charge in [-0.25, -0.2) is 0 Å². The molecule has 2 fully saturated rings. The fourth-order valence-corrected chi connectivity index (χ4v) is 4.10. The summed E-state index contributed by atoms with van der Waals surface area (Å²) in [6, 6.07) is 0. The molecule has 2 rings (SSSR count). The molecule has 0 aromatic carbocycles. The van der Waals surface area contributed by atoms with Crippen molar-refractivity contribution in [3.8, 4) is 0 Å². The van der Waals surface area contributed by atoms with Crippen molar-refractivity contribution < 1.29 is 4.21 Å². The molecule has 1 atom stereocenters. The third-order valence-corrected chi connectivity index (χ3v) is 5.70. The third kappa shape index (κ3) is 0.576. The van der Waals surface area contributed by atoms with E-state index in [9.17, 15) is 4.21 Å². The molecule has 0 saturated carbocycles. The number of nitrogens with zero attached hydrogens (tertiary/aromatic N) is 1. The summed E-state index contributed by atoms with van der Waals surface area (Å²) in [6.45, 7) is 2.02. The van der Waals surface area contributed by atoms with Gasteiger partial charge in [-0.1, -0.05) is 0 Å². The molecule has 2 aliphatic rings. The van der Waals surface area contributed by atoms with Crippen LogP contribution in [-0.2, 0) is 9.52 Å². The Balaban J connectivity index is 2.22. The number of likely N-dealkylation sites (tertiary alicyclic amines) is 1. The Kier molecular flexibility index (Phi) is 1.06. The first-order chi connectivity index (χ1) is 4.56. The minimum Gasteiger partial charge on any atom is -0.303 e. The second-order valence-electron chi connectivity index (χ2n) is 3.62. The molecule has 0 aromatic rings. The lowest BCUT2D eigenvalue weighted by molar-refractivity contribution is 0.144. The van der Waals surface area contributed by atoms with E-state index in [0.717, 1.165) is 25.3 Å². The van der Waals surface area contributed by atoms with E-state index >= 15 is 0 Å². The molecule has 58 valence electrons. The lowest BCUT2D eigenvalue weighted by Crippen LogP contribution is -2.70. The highest BCUT2D eigenvalue weighted by atomic mass is 32.2. The van der Waals surface area contributed by atoms with E-state index in [-0.39, 0.29) is 4.75 Å². The predicted octanol–water partition coefficient (Wildman–Crippen LogP) is -0.209. The first kappa shape index (κ1) is 6.68. The van der Waals surface area contributed by atoms with Gasteiger partial charge in [-0.2, -0.15) is 0 Å². The standard InChI is InChI=1S/C7H13NOS/c1-8-5-7(6-8)3-4-10(7,2)9/h2-6H2,1H3. The van der Waals surface area contributed by atoms with Crippen molar-refractivity contribution in [2.45, 2.75) is 11.2 Å². The van der Waals surface area contributed by atoms with E-state index in [2.05, 4.69) is 17.8 Å². The third-order valence-electron chi connectivity index (χ3n) is 2.79. The summed E-state index contributed by atoms with van der Waals surface area (Å²) >= 11 is 0. The van der Waals surface area contributed by atoms with Gasteiger partial charge >= 0.3 is 0 Å². The summed E-state index contributed by atoms with van der Waals surface area (Å²) in [7, 11) is 0.409. The molecular formula is C7H13NOS. The summed E-state index contributed by atoms with van der Waals surface area (Å²) in [5, 5.41) is 0. The van der Waals surface area contributed by atoms with Crippen LogP contribution in [0, 0.1) is 0 Å². The number of hydrogen-bond acceptors (Lipinski definition) is 2. The first-order valence-corrected chi connectivity index (χ1v) is 5.48. The van der Waals surface area contributed by atoms with Crippen molar-refractivity contribution >= 4 is 15.4 Å². The van der Waals surface area contributed by atoms with Crippen molar-refractivity contribution in [3.63, 3.8) is 0 Å². The second-order valence-corrected chi connectivity index (χ2v) is 6.52. The van der Waals surface area contributed by atoms with Gasteiger partial charge in [0.25, 0.3) is 0 Å². The van der Waals surface area contributed by atoms with Gasteiger partial charge in [-0.3, -0.25) is 4.21 Å². The van der Waals surface area contributed by atoms with E-state index in [4.69, 9.17) is 0 Å². The molecule has 2 aliphatic heterocycles. The molecule has 1 spiro atoms. The highest BCUT2D eigenvalue weighted by Gasteiger charge is 2.53. The van der Waals surface area contributed by atoms with E-state index in [1.54, 1.807) is 0 Å². The van der Waals surface area contributed by atoms with Gasteiger partial charge in [-0.05, 0) is 28.9 Å². The van der Waals surface area contributed by atoms with Crippen LogP contribution in [0.25, 0.3) is 0 Å². The van der Waals surface area contributed by atoms with Crippen LogP contribution in [0.5, 0.6) is 0 Å². The Morgan fingerprint density at radius 1 is 1.60 bits per heavy atom. The van der Waals surface area contributed by atoms with Gasteiger partial charge in [0.2, 0.25) is 0 Å². The van der Waals surface area contributed by atoms with E-state index in [1.165, 1.54) is 0 Å². The zero-order valence-corrected chi connectivity index (χ0v) is 7.12. The van der Waals surface area contributed by atoms with Crippen LogP contribution in [0.2, 0.25) is 0 Å². The van der Waals surface area contributed by atoms with Gasteiger partial charge in [0, 0.05) is 18.8 Å². The Bertz CT molecular complexity index is 249. The van der Waals surface area contributed by atoms with Crippen LogP contribution in [0.1, 0.15) is 6.42 Å². The molecule has 0 N–H and O–H groups in total. The second kappa shape index (κ2) is 1.59. The topological polar surface area (TPSA) is 20.3 Å². The Morgan fingerprint density at radius 2 is 2.20 bits per heavy atom. The van der Waals surface area contributed by atoms with E-state index < -0.39 is 9.52 Å². The van der Waals surface area contributed by atoms with Crippen LogP contribution in [0.15, 0.2) is 0 Å². The highest BCUT2D eigenvalue weighted by molar-refractivity contribution is 8.03. The number of hydrogen-bond donors (Lipinski definition) is 0. The minimum absolute atomic E-state index is 0.155. The van der Waals surface area contributed by atoms with Gasteiger partial charge < -0.3 is 4.90 Å². The minimum atomic E-state index is -1.66. The predicted molar refractivity (Wildman–Crippen MR) is 45.0 cm³/mol. The molecule has 1 unspecified atom stereocenters. The molecular weight excluding hydrogens is 146 g/mol. The number of rotatable bonds is 0. The summed E-state index contributed by atoms with van der Waals surface area (Å²) in [5.74, 6) is 4.65. The molecule has 3 heteroatoms. The van der Waals surface area contributed by atoms with Gasteiger partial charge in [-0.15, -0.1) is 0 Å². The molecule has 10 heavy (non-hydrogen) atoms. The fourth-order valence-electron chi connectivity index (χ4n) is 1.95. The van der Waals surface area contributed by atoms with Crippen LogP contribution in [0.3, 0.4) is 0 Å². The lowest BCUT2D eigenvalue weighted by atomic mass is 9.96. The summed E-state index contributed by atoms with van der Waals surface area (Å²) in [4.78, 5) is 2.21. The molecule has 2 nitrogen and oxygen atoms in total. The maximum absolute atomic E-state index is 11.6. The molecule has 0 aliphatic carbocycles. The maximum Gasteiger partial charge on any atom is 0.0645 e. The van der Waals surface area contributed by atoms with Crippen LogP contribution in [-0.4, -0.2) is 45.6 Å². The largest absolute Gasteiger partial charge is 0.303 e. The van der Waals surface area contributed by atoms with Crippen molar-refractivity contribution in [1.82, 2.24) is 4.90 Å². The van der Waals surface area contributed by atoms with Crippen molar-refractivity contribution in [3.05, 3.63) is 0 Å². The van der Waals surface area contributed by atoms with Gasteiger partial charge in [0.15, 0.2) is 0 Å². The smallest absolute Gasteiger partial charge is 0.0645 e. The monoisotopic (exact) mass is 159 g/mol. The molecule has 0 amide bonds. The van der Waals surface area contributed by atoms with Crippen LogP contribution >= 0.6 is 0 Å². The zero-order chi connectivity index (χ0) is 7.41. The van der Waals surface area contributed by atoms with Crippen LogP contribution in [0.4, 0.5) is 0 Å². The van der Waals surface area contributed by atoms with Crippen molar-refractivity contribution in [2.75, 3.05) is 25.9 Å². The van der Waals surface area contributed by atoms with Crippen molar-refractivity contribution in [1.29, 1.82) is 0 Å². The molecule has 0 bridgehead atoms. The average molecular weight is 159 g/mol. The SMILES string of the molecule is C=S1(=O)CCC12CN(C)C2. The quantitative estimate of drug-likeness (QED) is 0.456. The average Bonchev–Trinajstić information content (AvgIpc) is 1.78. The molecule has 2 heterocycles. The Labute approximate surface area is 62.2 Å².